The molecule has 0 spiro atoms. The number of rotatable bonds is 7. The zero-order valence-electron chi connectivity index (χ0n) is 13.0. The second-order valence-corrected chi connectivity index (χ2v) is 6.17. The fourth-order valence-corrected chi connectivity index (χ4v) is 3.03. The summed E-state index contributed by atoms with van der Waals surface area (Å²) in [6.07, 6.45) is 2.21. The SMILES string of the molecule is CC(C)N(Cc1ccccc1)C[C@@H]1CCCN1CC(=O)O. The quantitative estimate of drug-likeness (QED) is 0.837. The summed E-state index contributed by atoms with van der Waals surface area (Å²) in [6.45, 7) is 7.37. The lowest BCUT2D eigenvalue weighted by Gasteiger charge is -2.32. The van der Waals surface area contributed by atoms with Crippen molar-refractivity contribution >= 4 is 5.97 Å². The molecule has 1 fully saturated rings. The van der Waals surface area contributed by atoms with E-state index in [1.165, 1.54) is 5.56 Å². The van der Waals surface area contributed by atoms with E-state index in [9.17, 15) is 4.79 Å². The van der Waals surface area contributed by atoms with Crippen molar-refractivity contribution in [3.05, 3.63) is 35.9 Å². The van der Waals surface area contributed by atoms with Crippen molar-refractivity contribution in [3.8, 4) is 0 Å². The van der Waals surface area contributed by atoms with E-state index in [-0.39, 0.29) is 6.54 Å². The minimum atomic E-state index is -0.721. The summed E-state index contributed by atoms with van der Waals surface area (Å²) < 4.78 is 0. The number of nitrogens with zero attached hydrogens (tertiary/aromatic N) is 2. The van der Waals surface area contributed by atoms with Crippen LogP contribution in [-0.4, -0.2) is 52.6 Å². The molecule has 4 nitrogen and oxygen atoms in total. The van der Waals surface area contributed by atoms with Crippen LogP contribution in [0.5, 0.6) is 0 Å². The molecule has 0 radical (unpaired) electrons. The molecule has 0 bridgehead atoms. The lowest BCUT2D eigenvalue weighted by Crippen LogP contribution is -2.44. The number of benzene rings is 1. The van der Waals surface area contributed by atoms with Crippen LogP contribution >= 0.6 is 0 Å². The van der Waals surface area contributed by atoms with Crippen LogP contribution in [0.1, 0.15) is 32.3 Å². The van der Waals surface area contributed by atoms with Crippen LogP contribution in [0.4, 0.5) is 0 Å². The van der Waals surface area contributed by atoms with Crippen LogP contribution in [-0.2, 0) is 11.3 Å². The van der Waals surface area contributed by atoms with Crippen LogP contribution in [0.15, 0.2) is 30.3 Å². The summed E-state index contributed by atoms with van der Waals surface area (Å²) >= 11 is 0. The van der Waals surface area contributed by atoms with E-state index in [0.717, 1.165) is 32.5 Å². The third kappa shape index (κ3) is 4.83. The van der Waals surface area contributed by atoms with E-state index >= 15 is 0 Å². The zero-order valence-corrected chi connectivity index (χ0v) is 13.0. The third-order valence-corrected chi connectivity index (χ3v) is 4.24. The molecule has 2 rings (SSSR count). The summed E-state index contributed by atoms with van der Waals surface area (Å²) in [6, 6.07) is 11.3. The van der Waals surface area contributed by atoms with Gasteiger partial charge in [0.2, 0.25) is 0 Å². The third-order valence-electron chi connectivity index (χ3n) is 4.24. The van der Waals surface area contributed by atoms with E-state index in [0.29, 0.717) is 12.1 Å². The molecule has 1 aliphatic rings. The largest absolute Gasteiger partial charge is 0.480 e. The molecule has 1 aliphatic heterocycles. The molecule has 1 heterocycles. The first-order valence-electron chi connectivity index (χ1n) is 7.80. The molecule has 1 N–H and O–H groups in total. The van der Waals surface area contributed by atoms with E-state index in [4.69, 9.17) is 5.11 Å². The molecule has 0 amide bonds. The Morgan fingerprint density at radius 1 is 1.38 bits per heavy atom. The number of hydrogen-bond acceptors (Lipinski definition) is 3. The fraction of sp³-hybridized carbons (Fsp3) is 0.588. The number of hydrogen-bond donors (Lipinski definition) is 1. The Labute approximate surface area is 127 Å². The molecular formula is C17H26N2O2. The molecule has 1 saturated heterocycles. The van der Waals surface area contributed by atoms with Gasteiger partial charge in [-0.15, -0.1) is 0 Å². The lowest BCUT2D eigenvalue weighted by atomic mass is 10.1. The standard InChI is InChI=1S/C17H26N2O2/c1-14(2)19(11-15-7-4-3-5-8-15)12-16-9-6-10-18(16)13-17(20)21/h3-5,7-8,14,16H,6,9-13H2,1-2H3,(H,20,21)/t16-/m0/s1. The van der Waals surface area contributed by atoms with Crippen LogP contribution < -0.4 is 0 Å². The Morgan fingerprint density at radius 2 is 2.10 bits per heavy atom. The maximum Gasteiger partial charge on any atom is 0.317 e. The molecule has 0 saturated carbocycles. The van der Waals surface area contributed by atoms with Gasteiger partial charge in [-0.2, -0.15) is 0 Å². The maximum atomic E-state index is 11.0. The van der Waals surface area contributed by atoms with Crippen molar-refractivity contribution < 1.29 is 9.90 Å². The first-order chi connectivity index (χ1) is 10.1. The molecular weight excluding hydrogens is 264 g/mol. The van der Waals surface area contributed by atoms with Gasteiger partial charge in [0.25, 0.3) is 0 Å². The van der Waals surface area contributed by atoms with E-state index in [2.05, 4.69) is 47.9 Å². The first kappa shape index (κ1) is 16.0. The van der Waals surface area contributed by atoms with Gasteiger partial charge in [-0.1, -0.05) is 30.3 Å². The molecule has 0 unspecified atom stereocenters. The Hall–Kier alpha value is -1.39. The molecule has 0 aromatic heterocycles. The first-order valence-corrected chi connectivity index (χ1v) is 7.80. The normalized spacial score (nSPS) is 19.5. The van der Waals surface area contributed by atoms with E-state index < -0.39 is 5.97 Å². The lowest BCUT2D eigenvalue weighted by molar-refractivity contribution is -0.138. The number of aliphatic carboxylic acids is 1. The number of carbonyl (C=O) groups is 1. The van der Waals surface area contributed by atoms with Gasteiger partial charge in [0.1, 0.15) is 0 Å². The van der Waals surface area contributed by atoms with Crippen molar-refractivity contribution in [1.29, 1.82) is 0 Å². The fourth-order valence-electron chi connectivity index (χ4n) is 3.03. The Bertz CT molecular complexity index is 447. The smallest absolute Gasteiger partial charge is 0.317 e. The van der Waals surface area contributed by atoms with Gasteiger partial charge in [-0.25, -0.2) is 0 Å². The molecule has 0 aliphatic carbocycles. The minimum Gasteiger partial charge on any atom is -0.480 e. The minimum absolute atomic E-state index is 0.169. The highest BCUT2D eigenvalue weighted by atomic mass is 16.4. The van der Waals surface area contributed by atoms with Crippen molar-refractivity contribution in [2.45, 2.75) is 45.3 Å². The van der Waals surface area contributed by atoms with Gasteiger partial charge in [-0.05, 0) is 38.8 Å². The predicted molar refractivity (Wildman–Crippen MR) is 84.2 cm³/mol. The molecule has 1 atom stereocenters. The second kappa shape index (κ2) is 7.57. The van der Waals surface area contributed by atoms with E-state index in [1.54, 1.807) is 0 Å². The molecule has 4 heteroatoms. The average molecular weight is 290 g/mol. The van der Waals surface area contributed by atoms with Gasteiger partial charge in [0.05, 0.1) is 6.54 Å². The predicted octanol–water partition coefficient (Wildman–Crippen LogP) is 2.45. The highest BCUT2D eigenvalue weighted by Crippen LogP contribution is 2.20. The van der Waals surface area contributed by atoms with Crippen LogP contribution in [0.3, 0.4) is 0 Å². The number of likely N-dealkylation sites (tertiary alicyclic amines) is 1. The number of carboxylic acids is 1. The number of carboxylic acid groups (broad SMARTS) is 1. The second-order valence-electron chi connectivity index (χ2n) is 6.17. The van der Waals surface area contributed by atoms with Crippen molar-refractivity contribution in [1.82, 2.24) is 9.80 Å². The Kier molecular flexibility index (Phi) is 5.76. The van der Waals surface area contributed by atoms with Crippen LogP contribution in [0, 0.1) is 0 Å². The highest BCUT2D eigenvalue weighted by molar-refractivity contribution is 5.69. The van der Waals surface area contributed by atoms with Crippen LogP contribution in [0.25, 0.3) is 0 Å². The molecule has 21 heavy (non-hydrogen) atoms. The maximum absolute atomic E-state index is 11.0. The summed E-state index contributed by atoms with van der Waals surface area (Å²) in [5.74, 6) is -0.721. The average Bonchev–Trinajstić information content (AvgIpc) is 2.85. The molecule has 1 aromatic carbocycles. The van der Waals surface area contributed by atoms with Crippen LogP contribution in [0.2, 0.25) is 0 Å². The topological polar surface area (TPSA) is 43.8 Å². The summed E-state index contributed by atoms with van der Waals surface area (Å²) in [7, 11) is 0. The Morgan fingerprint density at radius 3 is 2.71 bits per heavy atom. The summed E-state index contributed by atoms with van der Waals surface area (Å²) in [5.41, 5.74) is 1.31. The van der Waals surface area contributed by atoms with Crippen molar-refractivity contribution in [2.24, 2.45) is 0 Å². The zero-order chi connectivity index (χ0) is 15.2. The highest BCUT2D eigenvalue weighted by Gasteiger charge is 2.28. The van der Waals surface area contributed by atoms with E-state index in [1.807, 2.05) is 6.07 Å². The van der Waals surface area contributed by atoms with Gasteiger partial charge in [-0.3, -0.25) is 14.6 Å². The summed E-state index contributed by atoms with van der Waals surface area (Å²) in [4.78, 5) is 15.5. The summed E-state index contributed by atoms with van der Waals surface area (Å²) in [5, 5.41) is 9.01. The molecule has 1 aromatic rings. The van der Waals surface area contributed by atoms with Gasteiger partial charge in [0.15, 0.2) is 0 Å². The Balaban J connectivity index is 1.97. The van der Waals surface area contributed by atoms with Gasteiger partial charge < -0.3 is 5.11 Å². The van der Waals surface area contributed by atoms with Gasteiger partial charge >= 0.3 is 5.97 Å². The van der Waals surface area contributed by atoms with Crippen molar-refractivity contribution in [3.63, 3.8) is 0 Å². The van der Waals surface area contributed by atoms with Crippen molar-refractivity contribution in [2.75, 3.05) is 19.6 Å². The van der Waals surface area contributed by atoms with Gasteiger partial charge in [0, 0.05) is 25.2 Å². The molecule has 116 valence electrons. The monoisotopic (exact) mass is 290 g/mol.